The molecule has 4 heteroatoms. The number of rotatable bonds is 4. The van der Waals surface area contributed by atoms with E-state index in [1.165, 1.54) is 0 Å². The predicted octanol–water partition coefficient (Wildman–Crippen LogP) is 5.90. The monoisotopic (exact) mass is 396 g/mol. The molecule has 0 aliphatic carbocycles. The van der Waals surface area contributed by atoms with Gasteiger partial charge in [0, 0.05) is 10.8 Å². The van der Waals surface area contributed by atoms with Gasteiger partial charge in [0.25, 0.3) is 0 Å². The van der Waals surface area contributed by atoms with Crippen molar-refractivity contribution in [2.75, 3.05) is 0 Å². The van der Waals surface area contributed by atoms with Gasteiger partial charge in [-0.1, -0.05) is 59.7 Å². The second-order valence-corrected chi connectivity index (χ2v) is 7.12. The number of hydrogen-bond acceptors (Lipinski definition) is 4. The summed E-state index contributed by atoms with van der Waals surface area (Å²) in [5, 5.41) is 1.38. The molecule has 0 spiro atoms. The van der Waals surface area contributed by atoms with E-state index in [4.69, 9.17) is 9.47 Å². The highest BCUT2D eigenvalue weighted by molar-refractivity contribution is 5.99. The number of hydrogen-bond donors (Lipinski definition) is 0. The second kappa shape index (κ2) is 8.21. The summed E-state index contributed by atoms with van der Waals surface area (Å²) in [5.74, 6) is -0.0586. The molecule has 0 unspecified atom stereocenters. The van der Waals surface area contributed by atoms with E-state index in [2.05, 4.69) is 0 Å². The maximum atomic E-state index is 12.6. The minimum atomic E-state index is -0.440. The van der Waals surface area contributed by atoms with E-state index >= 15 is 0 Å². The molecule has 4 aromatic rings. The average molecular weight is 396 g/mol. The number of benzene rings is 4. The van der Waals surface area contributed by atoms with Crippen LogP contribution in [0.5, 0.6) is 11.5 Å². The van der Waals surface area contributed by atoms with E-state index in [9.17, 15) is 9.59 Å². The zero-order valence-electron chi connectivity index (χ0n) is 16.7. The van der Waals surface area contributed by atoms with Crippen LogP contribution in [-0.2, 0) is 0 Å². The van der Waals surface area contributed by atoms with Crippen LogP contribution in [0.15, 0.2) is 84.9 Å². The van der Waals surface area contributed by atoms with Gasteiger partial charge in [0.05, 0.1) is 11.1 Å². The van der Waals surface area contributed by atoms with Crippen LogP contribution >= 0.6 is 0 Å². The summed E-state index contributed by atoms with van der Waals surface area (Å²) in [6.45, 7) is 3.88. The van der Waals surface area contributed by atoms with E-state index < -0.39 is 11.9 Å². The first-order chi connectivity index (χ1) is 14.5. The minimum Gasteiger partial charge on any atom is -0.422 e. The van der Waals surface area contributed by atoms with Crippen LogP contribution in [0, 0.1) is 13.8 Å². The van der Waals surface area contributed by atoms with Gasteiger partial charge in [-0.2, -0.15) is 0 Å². The number of carbonyl (C=O) groups is 2. The molecule has 0 aliphatic heterocycles. The second-order valence-electron chi connectivity index (χ2n) is 7.12. The Morgan fingerprint density at radius 2 is 1.10 bits per heavy atom. The van der Waals surface area contributed by atoms with E-state index in [1.807, 2.05) is 50.2 Å². The van der Waals surface area contributed by atoms with Crippen molar-refractivity contribution in [2.45, 2.75) is 13.8 Å². The first-order valence-corrected chi connectivity index (χ1v) is 9.61. The van der Waals surface area contributed by atoms with Crippen molar-refractivity contribution < 1.29 is 19.1 Å². The van der Waals surface area contributed by atoms with Crippen molar-refractivity contribution in [3.05, 3.63) is 107 Å². The molecule has 4 nitrogen and oxygen atoms in total. The van der Waals surface area contributed by atoms with E-state index in [-0.39, 0.29) is 0 Å². The fraction of sp³-hybridized carbons (Fsp3) is 0.0769. The molecule has 0 N–H and O–H groups in total. The maximum absolute atomic E-state index is 12.6. The fourth-order valence-corrected chi connectivity index (χ4v) is 3.21. The van der Waals surface area contributed by atoms with E-state index in [1.54, 1.807) is 48.5 Å². The molecule has 0 heterocycles. The van der Waals surface area contributed by atoms with Crippen LogP contribution in [0.3, 0.4) is 0 Å². The Labute approximate surface area is 174 Å². The van der Waals surface area contributed by atoms with Crippen LogP contribution in [0.4, 0.5) is 0 Å². The Hall–Kier alpha value is -3.92. The lowest BCUT2D eigenvalue weighted by Crippen LogP contribution is -2.10. The van der Waals surface area contributed by atoms with E-state index in [0.717, 1.165) is 11.1 Å². The maximum Gasteiger partial charge on any atom is 0.343 e. The van der Waals surface area contributed by atoms with Gasteiger partial charge in [-0.05, 0) is 50.2 Å². The number of esters is 2. The quantitative estimate of drug-likeness (QED) is 0.319. The first-order valence-electron chi connectivity index (χ1n) is 9.61. The third-order valence-corrected chi connectivity index (χ3v) is 4.79. The number of aryl methyl sites for hydroxylation is 2. The Balaban J connectivity index is 1.63. The van der Waals surface area contributed by atoms with Crippen molar-refractivity contribution in [1.29, 1.82) is 0 Å². The first kappa shape index (κ1) is 19.4. The molecule has 0 aliphatic rings. The third-order valence-electron chi connectivity index (χ3n) is 4.79. The van der Waals surface area contributed by atoms with Crippen molar-refractivity contribution >= 4 is 22.7 Å². The normalized spacial score (nSPS) is 10.6. The van der Waals surface area contributed by atoms with Crippen LogP contribution < -0.4 is 9.47 Å². The minimum absolute atomic E-state index is 0.409. The van der Waals surface area contributed by atoms with Crippen LogP contribution in [0.1, 0.15) is 31.8 Å². The molecule has 4 aromatic carbocycles. The van der Waals surface area contributed by atoms with Crippen molar-refractivity contribution in [1.82, 2.24) is 0 Å². The summed E-state index contributed by atoms with van der Waals surface area (Å²) in [4.78, 5) is 25.1. The fourth-order valence-electron chi connectivity index (χ4n) is 3.21. The molecule has 0 saturated carbocycles. The van der Waals surface area contributed by atoms with Crippen LogP contribution in [0.25, 0.3) is 10.8 Å². The third kappa shape index (κ3) is 4.08. The molecule has 0 bridgehead atoms. The Morgan fingerprint density at radius 1 is 0.567 bits per heavy atom. The highest BCUT2D eigenvalue weighted by atomic mass is 16.5. The molecule has 0 aromatic heterocycles. The topological polar surface area (TPSA) is 52.6 Å². The van der Waals surface area contributed by atoms with Crippen molar-refractivity contribution in [3.63, 3.8) is 0 Å². The lowest BCUT2D eigenvalue weighted by atomic mass is 10.1. The molecule has 0 amide bonds. The zero-order valence-corrected chi connectivity index (χ0v) is 16.7. The molecule has 0 saturated heterocycles. The van der Waals surface area contributed by atoms with Crippen LogP contribution in [0.2, 0.25) is 0 Å². The predicted molar refractivity (Wildman–Crippen MR) is 116 cm³/mol. The molecular formula is C26H20O4. The van der Waals surface area contributed by atoms with Gasteiger partial charge in [0.2, 0.25) is 0 Å². The lowest BCUT2D eigenvalue weighted by Gasteiger charge is -2.11. The smallest absolute Gasteiger partial charge is 0.343 e. The Morgan fingerprint density at radius 3 is 1.67 bits per heavy atom. The molecule has 0 atom stereocenters. The highest BCUT2D eigenvalue weighted by Crippen LogP contribution is 2.33. The Bertz CT molecular complexity index is 1240. The van der Waals surface area contributed by atoms with E-state index in [0.29, 0.717) is 33.4 Å². The van der Waals surface area contributed by atoms with Gasteiger partial charge < -0.3 is 9.47 Å². The molecule has 0 radical (unpaired) electrons. The molecule has 30 heavy (non-hydrogen) atoms. The van der Waals surface area contributed by atoms with Gasteiger partial charge in [0.15, 0.2) is 0 Å². The summed E-state index contributed by atoms with van der Waals surface area (Å²) < 4.78 is 11.3. The van der Waals surface area contributed by atoms with Gasteiger partial charge in [-0.3, -0.25) is 0 Å². The largest absolute Gasteiger partial charge is 0.422 e. The molecular weight excluding hydrogens is 376 g/mol. The van der Waals surface area contributed by atoms with Gasteiger partial charge in [-0.15, -0.1) is 0 Å². The average Bonchev–Trinajstić information content (AvgIpc) is 2.75. The molecule has 0 fully saturated rings. The summed E-state index contributed by atoms with van der Waals surface area (Å²) in [7, 11) is 0. The number of carbonyl (C=O) groups excluding carboxylic acids is 2. The molecule has 148 valence electrons. The summed E-state index contributed by atoms with van der Waals surface area (Å²) in [5.41, 5.74) is 3.00. The SMILES string of the molecule is Cc1ccc(C(=O)Oc2cccc3c(OC(=O)c4cccc(C)c4)cccc23)cc1. The number of ether oxygens (including phenoxy) is 2. The Kier molecular flexibility index (Phi) is 5.31. The van der Waals surface area contributed by atoms with Gasteiger partial charge >= 0.3 is 11.9 Å². The summed E-state index contributed by atoms with van der Waals surface area (Å²) in [6, 6.07) is 25.1. The summed E-state index contributed by atoms with van der Waals surface area (Å²) in [6.07, 6.45) is 0. The zero-order chi connectivity index (χ0) is 21.1. The molecule has 4 rings (SSSR count). The van der Waals surface area contributed by atoms with Gasteiger partial charge in [0.1, 0.15) is 11.5 Å². The van der Waals surface area contributed by atoms with Gasteiger partial charge in [-0.25, -0.2) is 9.59 Å². The van der Waals surface area contributed by atoms with Crippen LogP contribution in [-0.4, -0.2) is 11.9 Å². The summed E-state index contributed by atoms with van der Waals surface area (Å²) >= 11 is 0. The number of fused-ring (bicyclic) bond motifs is 1. The standard InChI is InChI=1S/C26H20O4/c1-17-12-14-19(15-13-17)25(27)29-23-10-4-9-22-21(23)8-5-11-24(22)30-26(28)20-7-3-6-18(2)16-20/h3-16H,1-2H3. The lowest BCUT2D eigenvalue weighted by molar-refractivity contribution is 0.0725. The van der Waals surface area contributed by atoms with Crippen molar-refractivity contribution in [3.8, 4) is 11.5 Å². The van der Waals surface area contributed by atoms with Crippen molar-refractivity contribution in [2.24, 2.45) is 0 Å². The highest BCUT2D eigenvalue weighted by Gasteiger charge is 2.15.